The average molecular weight is 433 g/mol. The van der Waals surface area contributed by atoms with E-state index in [1.165, 1.54) is 0 Å². The van der Waals surface area contributed by atoms with Gasteiger partial charge in [-0.2, -0.15) is 4.39 Å². The van der Waals surface area contributed by atoms with Gasteiger partial charge in [0, 0.05) is 0 Å². The fourth-order valence-corrected chi connectivity index (χ4v) is 4.84. The Morgan fingerprint density at radius 1 is 1.03 bits per heavy atom. The van der Waals surface area contributed by atoms with Gasteiger partial charge in [0.1, 0.15) is 18.3 Å². The van der Waals surface area contributed by atoms with E-state index in [2.05, 4.69) is 20.8 Å². The molecule has 0 bridgehead atoms. The van der Waals surface area contributed by atoms with E-state index in [4.69, 9.17) is 18.9 Å². The molecule has 0 radical (unpaired) electrons. The smallest absolute Gasteiger partial charge is 0.367 e. The number of halogens is 1. The number of fused-ring (bicyclic) bond motifs is 1. The van der Waals surface area contributed by atoms with Crippen LogP contribution in [0, 0.1) is 11.3 Å². The normalized spacial score (nSPS) is 30.8. The predicted octanol–water partition coefficient (Wildman–Crippen LogP) is 4.74. The second-order valence-corrected chi connectivity index (χ2v) is 9.93. The molecule has 2 saturated heterocycles. The van der Waals surface area contributed by atoms with Gasteiger partial charge >= 0.3 is 5.97 Å². The first-order chi connectivity index (χ1) is 14.8. The van der Waals surface area contributed by atoms with E-state index in [1.807, 2.05) is 30.3 Å². The molecule has 0 spiro atoms. The Hall–Kier alpha value is -1.76. The molecule has 1 aliphatic carbocycles. The highest BCUT2D eigenvalue weighted by molar-refractivity contribution is 5.87. The van der Waals surface area contributed by atoms with E-state index in [-0.39, 0.29) is 24.2 Å². The standard InChI is InChI=1S/C25H33FO5/c1-25(2,3)18-11-9-17(10-12-18)21(26)24(27)31-20-15-30-22-19(14-29-23(20)22)28-13-16-7-5-4-6-8-16/h4-8,18-20,22-23H,9-15H2,1-3H3/t18?,19-,20+,22+,23+/m0/s1. The quantitative estimate of drug-likeness (QED) is 0.497. The summed E-state index contributed by atoms with van der Waals surface area (Å²) in [5, 5.41) is 0. The lowest BCUT2D eigenvalue weighted by Gasteiger charge is -2.34. The molecule has 1 aromatic rings. The summed E-state index contributed by atoms with van der Waals surface area (Å²) in [6, 6.07) is 9.89. The zero-order valence-corrected chi connectivity index (χ0v) is 18.6. The van der Waals surface area contributed by atoms with Crippen LogP contribution in [0.1, 0.15) is 52.0 Å². The molecular weight excluding hydrogens is 399 g/mol. The molecule has 4 rings (SSSR count). The maximum absolute atomic E-state index is 14.8. The number of allylic oxidation sites excluding steroid dienone is 1. The van der Waals surface area contributed by atoms with Crippen molar-refractivity contribution in [1.82, 2.24) is 0 Å². The Labute approximate surface area is 183 Å². The molecular formula is C25H33FO5. The highest BCUT2D eigenvalue weighted by atomic mass is 19.1. The summed E-state index contributed by atoms with van der Waals surface area (Å²) in [6.07, 6.45) is 1.47. The molecule has 0 unspecified atom stereocenters. The first-order valence-electron chi connectivity index (χ1n) is 11.3. The number of rotatable bonds is 5. The zero-order chi connectivity index (χ0) is 22.0. The van der Waals surface area contributed by atoms with Crippen LogP contribution in [0.2, 0.25) is 0 Å². The minimum absolute atomic E-state index is 0.195. The van der Waals surface area contributed by atoms with Gasteiger partial charge in [-0.1, -0.05) is 51.1 Å². The van der Waals surface area contributed by atoms with Crippen molar-refractivity contribution in [1.29, 1.82) is 0 Å². The van der Waals surface area contributed by atoms with Crippen molar-refractivity contribution in [2.24, 2.45) is 11.3 Å². The van der Waals surface area contributed by atoms with Crippen molar-refractivity contribution in [2.45, 2.75) is 77.5 Å². The molecule has 5 nitrogen and oxygen atoms in total. The lowest BCUT2D eigenvalue weighted by Crippen LogP contribution is -2.35. The fraction of sp³-hybridized carbons (Fsp3) is 0.640. The van der Waals surface area contributed by atoms with Crippen LogP contribution in [0.15, 0.2) is 41.7 Å². The molecule has 3 aliphatic rings. The van der Waals surface area contributed by atoms with Gasteiger partial charge in [-0.05, 0) is 48.2 Å². The lowest BCUT2D eigenvalue weighted by atomic mass is 9.71. The van der Waals surface area contributed by atoms with Crippen LogP contribution < -0.4 is 0 Å². The molecule has 6 heteroatoms. The topological polar surface area (TPSA) is 54.0 Å². The number of carbonyl (C=O) groups is 1. The van der Waals surface area contributed by atoms with Gasteiger partial charge in [0.25, 0.3) is 0 Å². The summed E-state index contributed by atoms with van der Waals surface area (Å²) < 4.78 is 37.8. The SMILES string of the molecule is CC(C)(C)C1CCC(=C(F)C(=O)O[C@@H]2CO[C@H]3[C@@H]2OC[C@@H]3OCc2ccccc2)CC1. The summed E-state index contributed by atoms with van der Waals surface area (Å²) >= 11 is 0. The number of hydrogen-bond acceptors (Lipinski definition) is 5. The molecule has 2 aliphatic heterocycles. The number of benzene rings is 1. The summed E-state index contributed by atoms with van der Waals surface area (Å²) in [4.78, 5) is 12.5. The molecule has 0 amide bonds. The molecule has 2 heterocycles. The van der Waals surface area contributed by atoms with Crippen LogP contribution in [0.25, 0.3) is 0 Å². The maximum Gasteiger partial charge on any atom is 0.367 e. The summed E-state index contributed by atoms with van der Waals surface area (Å²) in [5.41, 5.74) is 1.86. The van der Waals surface area contributed by atoms with Crippen LogP contribution in [-0.2, 0) is 30.3 Å². The number of hydrogen-bond donors (Lipinski definition) is 0. The first kappa shape index (κ1) is 22.4. The third-order valence-corrected chi connectivity index (χ3v) is 6.83. The van der Waals surface area contributed by atoms with Crippen molar-refractivity contribution < 1.29 is 28.1 Å². The van der Waals surface area contributed by atoms with Gasteiger partial charge in [0.05, 0.1) is 19.8 Å². The van der Waals surface area contributed by atoms with Crippen molar-refractivity contribution in [3.63, 3.8) is 0 Å². The van der Waals surface area contributed by atoms with Crippen LogP contribution >= 0.6 is 0 Å². The molecule has 1 saturated carbocycles. The molecule has 3 fully saturated rings. The summed E-state index contributed by atoms with van der Waals surface area (Å²) in [5.74, 6) is -1.08. The molecule has 31 heavy (non-hydrogen) atoms. The Bertz CT molecular complexity index is 790. The highest BCUT2D eigenvalue weighted by Gasteiger charge is 2.50. The zero-order valence-electron chi connectivity index (χ0n) is 18.6. The third kappa shape index (κ3) is 5.18. The fourth-order valence-electron chi connectivity index (χ4n) is 4.84. The van der Waals surface area contributed by atoms with Gasteiger partial charge in [0.2, 0.25) is 5.83 Å². The second kappa shape index (κ2) is 9.39. The van der Waals surface area contributed by atoms with E-state index in [1.54, 1.807) is 0 Å². The van der Waals surface area contributed by atoms with Gasteiger partial charge in [-0.3, -0.25) is 0 Å². The van der Waals surface area contributed by atoms with E-state index in [0.29, 0.717) is 37.5 Å². The van der Waals surface area contributed by atoms with Crippen molar-refractivity contribution in [3.8, 4) is 0 Å². The van der Waals surface area contributed by atoms with Crippen molar-refractivity contribution in [2.75, 3.05) is 13.2 Å². The predicted molar refractivity (Wildman–Crippen MR) is 114 cm³/mol. The van der Waals surface area contributed by atoms with Crippen LogP contribution in [0.4, 0.5) is 4.39 Å². The van der Waals surface area contributed by atoms with E-state index in [0.717, 1.165) is 18.4 Å². The van der Waals surface area contributed by atoms with Crippen molar-refractivity contribution >= 4 is 5.97 Å². The Morgan fingerprint density at radius 3 is 2.29 bits per heavy atom. The lowest BCUT2D eigenvalue weighted by molar-refractivity contribution is -0.151. The molecule has 0 N–H and O–H groups in total. The first-order valence-corrected chi connectivity index (χ1v) is 11.3. The van der Waals surface area contributed by atoms with Crippen LogP contribution in [0.5, 0.6) is 0 Å². The van der Waals surface area contributed by atoms with Crippen LogP contribution in [0.3, 0.4) is 0 Å². The third-order valence-electron chi connectivity index (χ3n) is 6.83. The molecule has 0 aromatic heterocycles. The Morgan fingerprint density at radius 2 is 1.65 bits per heavy atom. The van der Waals surface area contributed by atoms with Crippen molar-refractivity contribution in [3.05, 3.63) is 47.3 Å². The minimum Gasteiger partial charge on any atom is -0.452 e. The average Bonchev–Trinajstić information content (AvgIpc) is 3.35. The summed E-state index contributed by atoms with van der Waals surface area (Å²) in [7, 11) is 0. The Balaban J connectivity index is 1.29. The van der Waals surface area contributed by atoms with E-state index in [9.17, 15) is 9.18 Å². The number of esters is 1. The van der Waals surface area contributed by atoms with Gasteiger partial charge in [-0.25, -0.2) is 4.79 Å². The maximum atomic E-state index is 14.8. The van der Waals surface area contributed by atoms with Gasteiger partial charge in [0.15, 0.2) is 6.10 Å². The second-order valence-electron chi connectivity index (χ2n) is 9.93. The summed E-state index contributed by atoms with van der Waals surface area (Å²) in [6.45, 7) is 7.67. The van der Waals surface area contributed by atoms with E-state index >= 15 is 0 Å². The molecule has 1 aromatic carbocycles. The molecule has 170 valence electrons. The van der Waals surface area contributed by atoms with Gasteiger partial charge < -0.3 is 18.9 Å². The van der Waals surface area contributed by atoms with Gasteiger partial charge in [-0.15, -0.1) is 0 Å². The van der Waals surface area contributed by atoms with Crippen LogP contribution in [-0.4, -0.2) is 43.6 Å². The largest absolute Gasteiger partial charge is 0.452 e. The van der Waals surface area contributed by atoms with E-state index < -0.39 is 24.0 Å². The number of ether oxygens (including phenoxy) is 4. The minimum atomic E-state index is -0.893. The number of carbonyl (C=O) groups excluding carboxylic acids is 1. The highest BCUT2D eigenvalue weighted by Crippen LogP contribution is 2.41. The monoisotopic (exact) mass is 432 g/mol. The molecule has 4 atom stereocenters. The Kier molecular flexibility index (Phi) is 6.80.